The number of para-hydroxylation sites is 2. The number of nitrogens with zero attached hydrogens (tertiary/aromatic N) is 1. The van der Waals surface area contributed by atoms with Crippen LogP contribution in [0.4, 0.5) is 11.4 Å². The van der Waals surface area contributed by atoms with Crippen molar-refractivity contribution in [3.8, 4) is 0 Å². The molecular formula is C19H28N2O. The molecule has 1 saturated carbocycles. The van der Waals surface area contributed by atoms with Gasteiger partial charge in [0.1, 0.15) is 0 Å². The molecular weight excluding hydrogens is 272 g/mol. The summed E-state index contributed by atoms with van der Waals surface area (Å²) < 4.78 is 0. The maximum absolute atomic E-state index is 12.3. The van der Waals surface area contributed by atoms with E-state index >= 15 is 0 Å². The van der Waals surface area contributed by atoms with Crippen LogP contribution < -0.4 is 10.2 Å². The molecule has 0 unspecified atom stereocenters. The van der Waals surface area contributed by atoms with Crippen molar-refractivity contribution in [3.63, 3.8) is 0 Å². The number of hydrogen-bond donors (Lipinski definition) is 1. The molecule has 3 rings (SSSR count). The van der Waals surface area contributed by atoms with Gasteiger partial charge in [-0.3, -0.25) is 4.79 Å². The molecule has 1 N–H and O–H groups in total. The predicted molar refractivity (Wildman–Crippen MR) is 92.3 cm³/mol. The number of carbonyl (C=O) groups is 1. The monoisotopic (exact) mass is 300 g/mol. The fraction of sp³-hybridized carbons (Fsp3) is 0.632. The van der Waals surface area contributed by atoms with Crippen LogP contribution in [-0.4, -0.2) is 19.0 Å². The van der Waals surface area contributed by atoms with Crippen molar-refractivity contribution < 1.29 is 4.79 Å². The van der Waals surface area contributed by atoms with Crippen molar-refractivity contribution in [3.05, 3.63) is 24.3 Å². The zero-order valence-electron chi connectivity index (χ0n) is 13.5. The second kappa shape index (κ2) is 7.66. The number of amides is 1. The zero-order chi connectivity index (χ0) is 15.2. The van der Waals surface area contributed by atoms with E-state index in [9.17, 15) is 4.79 Å². The fourth-order valence-corrected chi connectivity index (χ4v) is 3.84. The summed E-state index contributed by atoms with van der Waals surface area (Å²) in [5.41, 5.74) is 2.17. The molecule has 3 heteroatoms. The molecule has 0 radical (unpaired) electrons. The first-order chi connectivity index (χ1) is 10.8. The highest BCUT2D eigenvalue weighted by Gasteiger charge is 2.18. The molecule has 0 aromatic heterocycles. The molecule has 1 amide bonds. The molecule has 1 heterocycles. The Kier molecular flexibility index (Phi) is 5.36. The molecule has 1 aromatic rings. The first kappa shape index (κ1) is 15.4. The standard InChI is InChI=1S/C19H28N2O/c22-19(13-12-16-8-2-1-3-9-16)20-17-10-4-5-11-18(17)21-14-6-7-15-21/h4-5,10-11,16H,1-3,6-9,12-15H2,(H,20,22). The third-order valence-electron chi connectivity index (χ3n) is 5.13. The minimum Gasteiger partial charge on any atom is -0.370 e. The Morgan fingerprint density at radius 1 is 1.05 bits per heavy atom. The van der Waals surface area contributed by atoms with Crippen molar-refractivity contribution in [2.75, 3.05) is 23.3 Å². The van der Waals surface area contributed by atoms with E-state index in [0.29, 0.717) is 6.42 Å². The number of hydrogen-bond acceptors (Lipinski definition) is 2. The van der Waals surface area contributed by atoms with Crippen LogP contribution in [0, 0.1) is 5.92 Å². The van der Waals surface area contributed by atoms with Crippen LogP contribution in [0.1, 0.15) is 57.8 Å². The summed E-state index contributed by atoms with van der Waals surface area (Å²) in [7, 11) is 0. The molecule has 2 fully saturated rings. The lowest BCUT2D eigenvalue weighted by molar-refractivity contribution is -0.116. The van der Waals surface area contributed by atoms with Gasteiger partial charge in [0.25, 0.3) is 0 Å². The molecule has 3 nitrogen and oxygen atoms in total. The molecule has 1 aromatic carbocycles. The summed E-state index contributed by atoms with van der Waals surface area (Å²) in [4.78, 5) is 14.7. The number of rotatable bonds is 5. The summed E-state index contributed by atoms with van der Waals surface area (Å²) in [5, 5.41) is 3.15. The quantitative estimate of drug-likeness (QED) is 0.863. The highest BCUT2D eigenvalue weighted by molar-refractivity contribution is 5.94. The average Bonchev–Trinajstić information content (AvgIpc) is 3.09. The van der Waals surface area contributed by atoms with E-state index in [1.165, 1.54) is 50.6 Å². The van der Waals surface area contributed by atoms with Gasteiger partial charge in [-0.1, -0.05) is 44.2 Å². The van der Waals surface area contributed by atoms with Gasteiger partial charge in [-0.15, -0.1) is 0 Å². The lowest BCUT2D eigenvalue weighted by Crippen LogP contribution is -2.21. The number of carbonyl (C=O) groups excluding carboxylic acids is 1. The molecule has 22 heavy (non-hydrogen) atoms. The highest BCUT2D eigenvalue weighted by Crippen LogP contribution is 2.30. The van der Waals surface area contributed by atoms with Gasteiger partial charge in [0, 0.05) is 19.5 Å². The topological polar surface area (TPSA) is 32.3 Å². The van der Waals surface area contributed by atoms with Crippen molar-refractivity contribution in [1.82, 2.24) is 0 Å². The van der Waals surface area contributed by atoms with Gasteiger partial charge in [-0.05, 0) is 37.3 Å². The van der Waals surface area contributed by atoms with Gasteiger partial charge in [0.2, 0.25) is 5.91 Å². The largest absolute Gasteiger partial charge is 0.370 e. The highest BCUT2D eigenvalue weighted by atomic mass is 16.1. The molecule has 0 atom stereocenters. The normalized spacial score (nSPS) is 19.4. The summed E-state index contributed by atoms with van der Waals surface area (Å²) in [6.07, 6.45) is 10.9. The molecule has 1 aliphatic heterocycles. The lowest BCUT2D eigenvalue weighted by Gasteiger charge is -2.23. The average molecular weight is 300 g/mol. The Labute approximate surface area is 134 Å². The smallest absolute Gasteiger partial charge is 0.224 e. The number of anilines is 2. The second-order valence-corrected chi connectivity index (χ2v) is 6.80. The third-order valence-corrected chi connectivity index (χ3v) is 5.13. The predicted octanol–water partition coefficient (Wildman–Crippen LogP) is 4.59. The van der Waals surface area contributed by atoms with Crippen molar-refractivity contribution in [2.45, 2.75) is 57.8 Å². The van der Waals surface area contributed by atoms with Gasteiger partial charge in [-0.2, -0.15) is 0 Å². The van der Waals surface area contributed by atoms with E-state index in [-0.39, 0.29) is 5.91 Å². The first-order valence-corrected chi connectivity index (χ1v) is 8.97. The first-order valence-electron chi connectivity index (χ1n) is 8.97. The Morgan fingerprint density at radius 2 is 1.77 bits per heavy atom. The van der Waals surface area contributed by atoms with Crippen LogP contribution in [0.2, 0.25) is 0 Å². The molecule has 0 bridgehead atoms. The van der Waals surface area contributed by atoms with Gasteiger partial charge in [0.05, 0.1) is 11.4 Å². The Bertz CT molecular complexity index is 488. The third kappa shape index (κ3) is 4.02. The van der Waals surface area contributed by atoms with E-state index < -0.39 is 0 Å². The van der Waals surface area contributed by atoms with Crippen LogP contribution in [0.15, 0.2) is 24.3 Å². The Morgan fingerprint density at radius 3 is 2.55 bits per heavy atom. The van der Waals surface area contributed by atoms with Crippen molar-refractivity contribution in [2.24, 2.45) is 5.92 Å². The van der Waals surface area contributed by atoms with E-state index in [1.54, 1.807) is 0 Å². The van der Waals surface area contributed by atoms with Gasteiger partial charge < -0.3 is 10.2 Å². The van der Waals surface area contributed by atoms with Crippen molar-refractivity contribution in [1.29, 1.82) is 0 Å². The maximum atomic E-state index is 12.3. The van der Waals surface area contributed by atoms with Gasteiger partial charge in [-0.25, -0.2) is 0 Å². The van der Waals surface area contributed by atoms with Crippen molar-refractivity contribution >= 4 is 17.3 Å². The van der Waals surface area contributed by atoms with Crippen LogP contribution in [0.5, 0.6) is 0 Å². The van der Waals surface area contributed by atoms with Crippen LogP contribution >= 0.6 is 0 Å². The lowest BCUT2D eigenvalue weighted by atomic mass is 9.86. The maximum Gasteiger partial charge on any atom is 0.224 e. The molecule has 1 saturated heterocycles. The van der Waals surface area contributed by atoms with E-state index in [0.717, 1.165) is 31.1 Å². The van der Waals surface area contributed by atoms with E-state index in [4.69, 9.17) is 0 Å². The Hall–Kier alpha value is -1.51. The Balaban J connectivity index is 1.54. The van der Waals surface area contributed by atoms with Crippen LogP contribution in [0.3, 0.4) is 0 Å². The minimum absolute atomic E-state index is 0.178. The van der Waals surface area contributed by atoms with Gasteiger partial charge >= 0.3 is 0 Å². The molecule has 1 aliphatic carbocycles. The molecule has 0 spiro atoms. The van der Waals surface area contributed by atoms with Gasteiger partial charge in [0.15, 0.2) is 0 Å². The fourth-order valence-electron chi connectivity index (χ4n) is 3.84. The SMILES string of the molecule is O=C(CCC1CCCCC1)Nc1ccccc1N1CCCC1. The van der Waals surface area contributed by atoms with Crippen LogP contribution in [-0.2, 0) is 4.79 Å². The summed E-state index contributed by atoms with van der Waals surface area (Å²) >= 11 is 0. The molecule has 2 aliphatic rings. The summed E-state index contributed by atoms with van der Waals surface area (Å²) in [5.74, 6) is 0.950. The van der Waals surface area contributed by atoms with E-state index in [2.05, 4.69) is 22.3 Å². The van der Waals surface area contributed by atoms with Crippen LogP contribution in [0.25, 0.3) is 0 Å². The number of benzene rings is 1. The summed E-state index contributed by atoms with van der Waals surface area (Å²) in [6, 6.07) is 8.23. The zero-order valence-corrected chi connectivity index (χ0v) is 13.5. The summed E-state index contributed by atoms with van der Waals surface area (Å²) in [6.45, 7) is 2.21. The van der Waals surface area contributed by atoms with E-state index in [1.807, 2.05) is 12.1 Å². The molecule has 120 valence electrons. The minimum atomic E-state index is 0.178. The second-order valence-electron chi connectivity index (χ2n) is 6.80. The number of nitrogens with one attached hydrogen (secondary N) is 1.